The number of hydrogen-bond acceptors (Lipinski definition) is 3. The molecule has 4 N–H and O–H groups in total. The van der Waals surface area contributed by atoms with Gasteiger partial charge < -0.3 is 6.15 Å². The Morgan fingerprint density at radius 3 is 1.74 bits per heavy atom. The Labute approximate surface area is 104 Å². The van der Waals surface area contributed by atoms with E-state index in [-0.39, 0.29) is 12.6 Å². The molecule has 0 radical (unpaired) electrons. The summed E-state index contributed by atoms with van der Waals surface area (Å²) >= 11 is 0. The molecule has 0 aromatic carbocycles. The van der Waals surface area contributed by atoms with Crippen molar-refractivity contribution in [3.63, 3.8) is 0 Å². The van der Waals surface area contributed by atoms with Crippen molar-refractivity contribution in [3.05, 3.63) is 0 Å². The van der Waals surface area contributed by atoms with E-state index in [2.05, 4.69) is 0 Å². The normalized spacial score (nSPS) is 15.8. The van der Waals surface area contributed by atoms with Gasteiger partial charge >= 0.3 is 27.2 Å². The van der Waals surface area contributed by atoms with Crippen molar-refractivity contribution < 1.29 is 43.7 Å². The van der Waals surface area contributed by atoms with Gasteiger partial charge in [-0.2, -0.15) is 34.8 Å². The first-order chi connectivity index (χ1) is 7.73. The molecule has 4 nitrogen and oxygen atoms in total. The fourth-order valence-electron chi connectivity index (χ4n) is 0.987. The lowest BCUT2D eigenvalue weighted by molar-refractivity contribution is -0.300. The SMILES string of the molecule is CCCC(F)C(F)(F)C(F)(F)C(F)(F)S(=O)(=O)O.N. The fourth-order valence-corrected chi connectivity index (χ4v) is 1.45. The van der Waals surface area contributed by atoms with Crippen LogP contribution in [0.5, 0.6) is 0 Å². The van der Waals surface area contributed by atoms with Crippen LogP contribution >= 0.6 is 0 Å². The summed E-state index contributed by atoms with van der Waals surface area (Å²) in [6.07, 6.45) is -5.21. The van der Waals surface area contributed by atoms with Crippen molar-refractivity contribution in [3.8, 4) is 0 Å². The zero-order valence-electron chi connectivity index (χ0n) is 9.52. The summed E-state index contributed by atoms with van der Waals surface area (Å²) in [5, 5.41) is -6.50. The second kappa shape index (κ2) is 5.79. The molecule has 0 saturated heterocycles. The Kier molecular flexibility index (Phi) is 6.31. The summed E-state index contributed by atoms with van der Waals surface area (Å²) in [6, 6.07) is 0. The number of alkyl halides is 7. The average molecular weight is 323 g/mol. The predicted octanol–water partition coefficient (Wildman–Crippen LogP) is 3.04. The minimum absolute atomic E-state index is 0. The minimum Gasteiger partial charge on any atom is -0.344 e. The van der Waals surface area contributed by atoms with Crippen LogP contribution in [0, 0.1) is 0 Å². The molecule has 0 aliphatic carbocycles. The molecule has 12 heteroatoms. The van der Waals surface area contributed by atoms with Crippen LogP contribution < -0.4 is 6.15 Å². The molecule has 0 aliphatic heterocycles. The molecule has 0 aliphatic rings. The van der Waals surface area contributed by atoms with Crippen molar-refractivity contribution >= 4 is 10.1 Å². The standard InChI is InChI=1S/C7H9F7O3S.H3N/c1-2-3-4(8)5(9,10)6(11,12)7(13,14)18(15,16)17;/h4H,2-3H2,1H3,(H,15,16,17);1H3. The maximum atomic E-state index is 12.8. The maximum Gasteiger partial charge on any atom is 0.438 e. The number of rotatable bonds is 6. The number of hydrogen-bond donors (Lipinski definition) is 2. The first-order valence-electron chi connectivity index (χ1n) is 4.48. The average Bonchev–Trinajstić information content (AvgIpc) is 2.15. The second-order valence-electron chi connectivity index (χ2n) is 3.45. The van der Waals surface area contributed by atoms with E-state index in [1.165, 1.54) is 0 Å². The highest BCUT2D eigenvalue weighted by Gasteiger charge is 2.79. The zero-order valence-corrected chi connectivity index (χ0v) is 10.3. The fraction of sp³-hybridized carbons (Fsp3) is 1.00. The van der Waals surface area contributed by atoms with Gasteiger partial charge in [0.15, 0.2) is 6.17 Å². The van der Waals surface area contributed by atoms with Crippen LogP contribution in [0.2, 0.25) is 0 Å². The summed E-state index contributed by atoms with van der Waals surface area (Å²) in [7, 11) is -6.82. The second-order valence-corrected chi connectivity index (χ2v) is 4.91. The van der Waals surface area contributed by atoms with E-state index in [0.717, 1.165) is 6.92 Å². The Morgan fingerprint density at radius 1 is 1.11 bits per heavy atom. The lowest BCUT2D eigenvalue weighted by Crippen LogP contribution is -2.61. The quantitative estimate of drug-likeness (QED) is 0.581. The summed E-state index contributed by atoms with van der Waals surface area (Å²) in [5.41, 5.74) is 0. The molecule has 0 saturated carbocycles. The van der Waals surface area contributed by atoms with E-state index in [1.807, 2.05) is 0 Å². The third-order valence-electron chi connectivity index (χ3n) is 2.04. The molecule has 1 unspecified atom stereocenters. The highest BCUT2D eigenvalue weighted by atomic mass is 32.2. The molecule has 0 spiro atoms. The molecule has 0 amide bonds. The Morgan fingerprint density at radius 2 is 1.47 bits per heavy atom. The molecule has 0 fully saturated rings. The third-order valence-corrected chi connectivity index (χ3v) is 2.95. The summed E-state index contributed by atoms with van der Waals surface area (Å²) < 4.78 is 117. The molecule has 1 atom stereocenters. The first kappa shape index (κ1) is 20.7. The van der Waals surface area contributed by atoms with Gasteiger partial charge in [-0.3, -0.25) is 4.55 Å². The molecule has 0 bridgehead atoms. The molecule has 0 aromatic rings. The smallest absolute Gasteiger partial charge is 0.344 e. The van der Waals surface area contributed by atoms with Crippen molar-refractivity contribution in [2.75, 3.05) is 0 Å². The molecule has 118 valence electrons. The van der Waals surface area contributed by atoms with Crippen molar-refractivity contribution in [1.29, 1.82) is 0 Å². The topological polar surface area (TPSA) is 89.4 Å². The van der Waals surface area contributed by atoms with Gasteiger partial charge in [0.1, 0.15) is 0 Å². The maximum absolute atomic E-state index is 12.8. The van der Waals surface area contributed by atoms with E-state index in [4.69, 9.17) is 4.55 Å². The zero-order chi connectivity index (χ0) is 15.0. The Balaban J connectivity index is 0. The molecule has 0 rings (SSSR count). The van der Waals surface area contributed by atoms with Crippen LogP contribution in [-0.2, 0) is 10.1 Å². The van der Waals surface area contributed by atoms with Gasteiger partial charge in [-0.25, -0.2) is 4.39 Å². The van der Waals surface area contributed by atoms with Gasteiger partial charge in [-0.1, -0.05) is 13.3 Å². The lowest BCUT2D eigenvalue weighted by Gasteiger charge is -2.32. The Bertz CT molecular complexity index is 397. The summed E-state index contributed by atoms with van der Waals surface area (Å²) in [5.74, 6) is -12.5. The largest absolute Gasteiger partial charge is 0.438 e. The van der Waals surface area contributed by atoms with Gasteiger partial charge in [0, 0.05) is 0 Å². The van der Waals surface area contributed by atoms with Crippen LogP contribution in [0.1, 0.15) is 19.8 Å². The van der Waals surface area contributed by atoms with E-state index in [1.54, 1.807) is 0 Å². The highest BCUT2D eigenvalue weighted by Crippen LogP contribution is 2.50. The molecule has 19 heavy (non-hydrogen) atoms. The van der Waals surface area contributed by atoms with Gasteiger partial charge in [0.2, 0.25) is 0 Å². The molecule has 0 heterocycles. The molecular formula is C7H12F7NO3S. The summed E-state index contributed by atoms with van der Waals surface area (Å²) in [6.45, 7) is 1.13. The van der Waals surface area contributed by atoms with Crippen molar-refractivity contribution in [2.24, 2.45) is 0 Å². The lowest BCUT2D eigenvalue weighted by atomic mass is 10.0. The molecular weight excluding hydrogens is 311 g/mol. The van der Waals surface area contributed by atoms with Crippen LogP contribution in [0.15, 0.2) is 0 Å². The highest BCUT2D eigenvalue weighted by molar-refractivity contribution is 7.87. The van der Waals surface area contributed by atoms with Crippen LogP contribution in [0.3, 0.4) is 0 Å². The van der Waals surface area contributed by atoms with E-state index in [0.29, 0.717) is 0 Å². The van der Waals surface area contributed by atoms with Crippen molar-refractivity contribution in [1.82, 2.24) is 6.15 Å². The van der Waals surface area contributed by atoms with Crippen LogP contribution in [0.25, 0.3) is 0 Å². The van der Waals surface area contributed by atoms with Crippen LogP contribution in [-0.4, -0.2) is 36.2 Å². The van der Waals surface area contributed by atoms with E-state index >= 15 is 0 Å². The molecule has 0 aromatic heterocycles. The van der Waals surface area contributed by atoms with Gasteiger partial charge in [0.25, 0.3) is 0 Å². The first-order valence-corrected chi connectivity index (χ1v) is 5.92. The minimum atomic E-state index is -6.82. The van der Waals surface area contributed by atoms with Crippen molar-refractivity contribution in [2.45, 2.75) is 43.0 Å². The van der Waals surface area contributed by atoms with E-state index < -0.39 is 39.8 Å². The van der Waals surface area contributed by atoms with Gasteiger partial charge in [-0.05, 0) is 6.42 Å². The Hall–Kier alpha value is -0.620. The summed E-state index contributed by atoms with van der Waals surface area (Å²) in [4.78, 5) is 0. The predicted molar refractivity (Wildman–Crippen MR) is 51.2 cm³/mol. The van der Waals surface area contributed by atoms with Gasteiger partial charge in [-0.15, -0.1) is 0 Å². The monoisotopic (exact) mass is 323 g/mol. The van der Waals surface area contributed by atoms with Crippen LogP contribution in [0.4, 0.5) is 30.7 Å². The van der Waals surface area contributed by atoms with E-state index in [9.17, 15) is 39.2 Å². The number of halogens is 7. The third kappa shape index (κ3) is 3.28. The van der Waals surface area contributed by atoms with Gasteiger partial charge in [0.05, 0.1) is 0 Å².